The van der Waals surface area contributed by atoms with E-state index in [1.54, 1.807) is 6.26 Å². The van der Waals surface area contributed by atoms with Crippen LogP contribution in [0.5, 0.6) is 0 Å². The largest absolute Gasteiger partial charge is 0.472 e. The Morgan fingerprint density at radius 3 is 2.24 bits per heavy atom. The molecule has 0 bridgehead atoms. The van der Waals surface area contributed by atoms with Crippen LogP contribution in [0.1, 0.15) is 0 Å². The van der Waals surface area contributed by atoms with E-state index in [2.05, 4.69) is 42.5 Å². The molecule has 80 valence electrons. The van der Waals surface area contributed by atoms with Crippen molar-refractivity contribution in [2.24, 2.45) is 0 Å². The lowest BCUT2D eigenvalue weighted by atomic mass is 10.0. The van der Waals surface area contributed by atoms with Crippen LogP contribution in [0.25, 0.3) is 32.3 Å². The lowest BCUT2D eigenvalue weighted by Gasteiger charge is -2.04. The monoisotopic (exact) mass is 218 g/mol. The zero-order valence-corrected chi connectivity index (χ0v) is 9.18. The van der Waals surface area contributed by atoms with Crippen molar-refractivity contribution in [3.05, 3.63) is 61.1 Å². The molecule has 0 atom stereocenters. The molecule has 0 spiro atoms. The summed E-state index contributed by atoms with van der Waals surface area (Å²) in [6, 6.07) is 17.1. The highest BCUT2D eigenvalue weighted by Crippen LogP contribution is 2.31. The van der Waals surface area contributed by atoms with Crippen LogP contribution in [0.4, 0.5) is 0 Å². The van der Waals surface area contributed by atoms with Crippen molar-refractivity contribution in [3.63, 3.8) is 0 Å². The average molecular weight is 218 g/mol. The van der Waals surface area contributed by atoms with Gasteiger partial charge in [0.05, 0.1) is 12.5 Å². The summed E-state index contributed by atoms with van der Waals surface area (Å²) in [5.41, 5.74) is 0. The summed E-state index contributed by atoms with van der Waals surface area (Å²) in [6.07, 6.45) is 3.54. The zero-order chi connectivity index (χ0) is 11.2. The fourth-order valence-corrected chi connectivity index (χ4v) is 2.56. The average Bonchev–Trinajstić information content (AvgIpc) is 2.86. The molecule has 0 N–H and O–H groups in total. The highest BCUT2D eigenvalue weighted by Gasteiger charge is 2.04. The predicted molar refractivity (Wildman–Crippen MR) is 71.2 cm³/mol. The van der Waals surface area contributed by atoms with Crippen molar-refractivity contribution in [3.8, 4) is 0 Å². The highest BCUT2D eigenvalue weighted by molar-refractivity contribution is 6.17. The fraction of sp³-hybridized carbons (Fsp3) is 0. The van der Waals surface area contributed by atoms with Crippen molar-refractivity contribution in [2.45, 2.75) is 0 Å². The molecular formula is C16H10O. The molecule has 0 unspecified atom stereocenters. The molecule has 0 aliphatic carbocycles. The summed E-state index contributed by atoms with van der Waals surface area (Å²) < 4.78 is 5.29. The molecule has 0 saturated heterocycles. The molecule has 0 radical (unpaired) electrons. The van der Waals surface area contributed by atoms with E-state index in [9.17, 15) is 0 Å². The molecule has 0 saturated carbocycles. The van der Waals surface area contributed by atoms with Gasteiger partial charge in [-0.3, -0.25) is 0 Å². The maximum absolute atomic E-state index is 5.29. The molecule has 4 rings (SSSR count). The second kappa shape index (κ2) is 3.11. The molecule has 0 fully saturated rings. The highest BCUT2D eigenvalue weighted by atomic mass is 16.3. The van der Waals surface area contributed by atoms with Gasteiger partial charge in [0, 0.05) is 5.39 Å². The topological polar surface area (TPSA) is 13.1 Å². The van der Waals surface area contributed by atoms with Gasteiger partial charge in [-0.1, -0.05) is 42.5 Å². The summed E-state index contributed by atoms with van der Waals surface area (Å²) in [6.45, 7) is 0. The maximum Gasteiger partial charge on any atom is 0.0986 e. The van der Waals surface area contributed by atoms with Gasteiger partial charge in [-0.15, -0.1) is 0 Å². The van der Waals surface area contributed by atoms with E-state index in [-0.39, 0.29) is 0 Å². The van der Waals surface area contributed by atoms with E-state index in [0.717, 1.165) is 0 Å². The van der Waals surface area contributed by atoms with Crippen molar-refractivity contribution in [1.29, 1.82) is 0 Å². The first-order chi connectivity index (χ1) is 8.43. The molecule has 1 heteroatoms. The standard InChI is InChI=1S/C16H10O/c1-2-11-4-7-15-14(13(11)3-1)6-5-12-8-9-17-10-16(12)15/h1-10H. The minimum absolute atomic E-state index is 1.17. The number of fused-ring (bicyclic) bond motifs is 5. The minimum Gasteiger partial charge on any atom is -0.472 e. The Hall–Kier alpha value is -2.28. The number of benzene rings is 2. The first kappa shape index (κ1) is 8.82. The smallest absolute Gasteiger partial charge is 0.0986 e. The fourth-order valence-electron chi connectivity index (χ4n) is 2.56. The van der Waals surface area contributed by atoms with E-state index in [4.69, 9.17) is 4.42 Å². The summed E-state index contributed by atoms with van der Waals surface area (Å²) >= 11 is 0. The summed E-state index contributed by atoms with van der Waals surface area (Å²) in [5, 5.41) is 7.55. The molecule has 17 heavy (non-hydrogen) atoms. The van der Waals surface area contributed by atoms with Crippen LogP contribution < -0.4 is 0 Å². The Balaban J connectivity index is 2.34. The van der Waals surface area contributed by atoms with E-state index in [1.807, 2.05) is 12.3 Å². The quantitative estimate of drug-likeness (QED) is 0.388. The molecule has 3 aromatic carbocycles. The first-order valence-electron chi connectivity index (χ1n) is 5.70. The van der Waals surface area contributed by atoms with Gasteiger partial charge in [0.1, 0.15) is 0 Å². The minimum atomic E-state index is 1.17. The number of hydrogen-bond acceptors (Lipinski definition) is 1. The van der Waals surface area contributed by atoms with E-state index in [0.29, 0.717) is 0 Å². The van der Waals surface area contributed by atoms with Crippen molar-refractivity contribution in [2.75, 3.05) is 0 Å². The third kappa shape index (κ3) is 1.14. The van der Waals surface area contributed by atoms with Crippen molar-refractivity contribution < 1.29 is 4.42 Å². The third-order valence-corrected chi connectivity index (χ3v) is 3.40. The van der Waals surface area contributed by atoms with Gasteiger partial charge < -0.3 is 4.42 Å². The lowest BCUT2D eigenvalue weighted by molar-refractivity contribution is 0.558. The van der Waals surface area contributed by atoms with Crippen LogP contribution in [0.15, 0.2) is 65.5 Å². The summed E-state index contributed by atoms with van der Waals surface area (Å²) in [4.78, 5) is 0. The SMILES string of the molecule is c1cc2ccc3c4coccc4ccc3c2c1. The van der Waals surface area contributed by atoms with E-state index in [1.165, 1.54) is 32.3 Å². The molecule has 0 aliphatic heterocycles. The van der Waals surface area contributed by atoms with Gasteiger partial charge >= 0.3 is 0 Å². The first-order valence-corrected chi connectivity index (χ1v) is 5.70. The van der Waals surface area contributed by atoms with Crippen molar-refractivity contribution in [1.82, 2.24) is 0 Å². The second-order valence-corrected chi connectivity index (χ2v) is 4.31. The van der Waals surface area contributed by atoms with Crippen LogP contribution >= 0.6 is 0 Å². The lowest BCUT2D eigenvalue weighted by Crippen LogP contribution is -1.77. The van der Waals surface area contributed by atoms with Crippen molar-refractivity contribution >= 4 is 32.3 Å². The van der Waals surface area contributed by atoms with Crippen LogP contribution in [-0.4, -0.2) is 0 Å². The van der Waals surface area contributed by atoms with Crippen LogP contribution in [0.3, 0.4) is 0 Å². The number of hydrogen-bond donors (Lipinski definition) is 0. The van der Waals surface area contributed by atoms with E-state index < -0.39 is 0 Å². The summed E-state index contributed by atoms with van der Waals surface area (Å²) in [5.74, 6) is 0. The zero-order valence-electron chi connectivity index (χ0n) is 9.18. The van der Waals surface area contributed by atoms with Gasteiger partial charge in [-0.05, 0) is 33.0 Å². The van der Waals surface area contributed by atoms with Gasteiger partial charge in [0.25, 0.3) is 0 Å². The Labute approximate surface area is 98.3 Å². The Kier molecular flexibility index (Phi) is 1.61. The van der Waals surface area contributed by atoms with Crippen LogP contribution in [0, 0.1) is 0 Å². The second-order valence-electron chi connectivity index (χ2n) is 4.31. The maximum atomic E-state index is 5.29. The molecule has 1 nitrogen and oxygen atoms in total. The van der Waals surface area contributed by atoms with Crippen LogP contribution in [0.2, 0.25) is 0 Å². The van der Waals surface area contributed by atoms with Gasteiger partial charge in [0.2, 0.25) is 0 Å². The van der Waals surface area contributed by atoms with Gasteiger partial charge in [-0.2, -0.15) is 0 Å². The Morgan fingerprint density at radius 1 is 0.588 bits per heavy atom. The summed E-state index contributed by atoms with van der Waals surface area (Å²) in [7, 11) is 0. The Morgan fingerprint density at radius 2 is 1.35 bits per heavy atom. The molecule has 4 aromatic rings. The van der Waals surface area contributed by atoms with Gasteiger partial charge in [-0.25, -0.2) is 0 Å². The van der Waals surface area contributed by atoms with Crippen LogP contribution in [-0.2, 0) is 0 Å². The normalized spacial score (nSPS) is 11.5. The predicted octanol–water partition coefficient (Wildman–Crippen LogP) is 4.74. The molecule has 1 aromatic heterocycles. The molecule has 0 aliphatic rings. The van der Waals surface area contributed by atoms with E-state index >= 15 is 0 Å². The molecule has 1 heterocycles. The molecular weight excluding hydrogens is 208 g/mol. The Bertz CT molecular complexity index is 840. The third-order valence-electron chi connectivity index (χ3n) is 3.40. The number of rotatable bonds is 0. The molecule has 0 amide bonds. The van der Waals surface area contributed by atoms with Gasteiger partial charge in [0.15, 0.2) is 0 Å².